The topological polar surface area (TPSA) is 66.4 Å². The Morgan fingerprint density at radius 1 is 1.21 bits per heavy atom. The summed E-state index contributed by atoms with van der Waals surface area (Å²) in [4.78, 5) is 37.1. The zero-order valence-corrected chi connectivity index (χ0v) is 16.6. The van der Waals surface area contributed by atoms with Crippen molar-refractivity contribution in [1.29, 1.82) is 0 Å². The highest BCUT2D eigenvalue weighted by molar-refractivity contribution is 5.76. The highest BCUT2D eigenvalue weighted by Crippen LogP contribution is 2.26. The summed E-state index contributed by atoms with van der Waals surface area (Å²) >= 11 is 0. The Morgan fingerprint density at radius 2 is 2.03 bits per heavy atom. The van der Waals surface area contributed by atoms with Crippen LogP contribution < -0.4 is 0 Å². The van der Waals surface area contributed by atoms with Gasteiger partial charge in [-0.25, -0.2) is 14.4 Å². The average Bonchev–Trinajstić information content (AvgIpc) is 3.23. The van der Waals surface area contributed by atoms with Crippen molar-refractivity contribution in [3.05, 3.63) is 58.9 Å². The molecule has 1 saturated heterocycles. The molecule has 1 fully saturated rings. The lowest BCUT2D eigenvalue weighted by Gasteiger charge is -2.28. The van der Waals surface area contributed by atoms with E-state index in [9.17, 15) is 14.0 Å². The van der Waals surface area contributed by atoms with Gasteiger partial charge in [0.05, 0.1) is 5.69 Å². The summed E-state index contributed by atoms with van der Waals surface area (Å²) in [5.74, 6) is 0.836. The number of benzene rings is 1. The molecule has 1 aromatic heterocycles. The number of aromatic nitrogens is 2. The second-order valence-electron chi connectivity index (χ2n) is 7.81. The van der Waals surface area contributed by atoms with Crippen LogP contribution >= 0.6 is 0 Å². The van der Waals surface area contributed by atoms with Crippen LogP contribution in [0.5, 0.6) is 0 Å². The molecule has 3 heterocycles. The molecular formula is C22H25FN4O2. The summed E-state index contributed by atoms with van der Waals surface area (Å²) in [5.41, 5.74) is 2.54. The molecule has 4 rings (SSSR count). The molecule has 0 spiro atoms. The molecule has 1 aromatic carbocycles. The van der Waals surface area contributed by atoms with Crippen molar-refractivity contribution in [1.82, 2.24) is 19.8 Å². The molecule has 1 atom stereocenters. The fraction of sp³-hybridized carbons (Fsp3) is 0.455. The SMILES string of the molecule is CC(=O)N1CCC(c2ncc3c(n2)CCN(C(=O)CCc2ccccc2F)C3)C1. The van der Waals surface area contributed by atoms with Gasteiger partial charge in [0.15, 0.2) is 0 Å². The van der Waals surface area contributed by atoms with Crippen molar-refractivity contribution in [2.24, 2.45) is 0 Å². The Balaban J connectivity index is 1.37. The molecule has 0 saturated carbocycles. The van der Waals surface area contributed by atoms with E-state index in [1.54, 1.807) is 30.0 Å². The molecule has 0 aliphatic carbocycles. The third-order valence-corrected chi connectivity index (χ3v) is 5.87. The van der Waals surface area contributed by atoms with E-state index in [0.29, 0.717) is 38.0 Å². The molecule has 7 heteroatoms. The third kappa shape index (κ3) is 4.28. The number of rotatable bonds is 4. The number of halogens is 1. The number of hydrogen-bond donors (Lipinski definition) is 0. The molecule has 0 N–H and O–H groups in total. The number of amides is 2. The predicted octanol–water partition coefficient (Wildman–Crippen LogP) is 2.47. The van der Waals surface area contributed by atoms with Crippen molar-refractivity contribution in [3.63, 3.8) is 0 Å². The maximum Gasteiger partial charge on any atom is 0.223 e. The smallest absolute Gasteiger partial charge is 0.223 e. The molecule has 2 aliphatic rings. The number of carbonyl (C=O) groups is 2. The van der Waals surface area contributed by atoms with Gasteiger partial charge in [-0.3, -0.25) is 9.59 Å². The van der Waals surface area contributed by atoms with E-state index in [1.807, 2.05) is 11.1 Å². The fourth-order valence-electron chi connectivity index (χ4n) is 4.10. The van der Waals surface area contributed by atoms with Crippen LogP contribution in [0, 0.1) is 5.82 Å². The summed E-state index contributed by atoms with van der Waals surface area (Å²) in [6, 6.07) is 6.58. The van der Waals surface area contributed by atoms with Gasteiger partial charge in [-0.05, 0) is 24.5 Å². The molecule has 2 aromatic rings. The number of nitrogens with zero attached hydrogens (tertiary/aromatic N) is 4. The van der Waals surface area contributed by atoms with E-state index in [2.05, 4.69) is 4.98 Å². The first-order valence-electron chi connectivity index (χ1n) is 10.1. The summed E-state index contributed by atoms with van der Waals surface area (Å²) in [6.45, 7) is 4.13. The number of likely N-dealkylation sites (tertiary alicyclic amines) is 1. The van der Waals surface area contributed by atoms with Gasteiger partial charge in [-0.15, -0.1) is 0 Å². The van der Waals surface area contributed by atoms with E-state index in [0.717, 1.165) is 30.0 Å². The van der Waals surface area contributed by atoms with Gasteiger partial charge < -0.3 is 9.80 Å². The lowest BCUT2D eigenvalue weighted by Crippen LogP contribution is -2.36. The van der Waals surface area contributed by atoms with Gasteiger partial charge >= 0.3 is 0 Å². The van der Waals surface area contributed by atoms with E-state index in [4.69, 9.17) is 4.98 Å². The van der Waals surface area contributed by atoms with Crippen molar-refractivity contribution in [2.75, 3.05) is 19.6 Å². The Hall–Kier alpha value is -2.83. The molecule has 152 valence electrons. The van der Waals surface area contributed by atoms with Crippen LogP contribution in [-0.4, -0.2) is 51.2 Å². The molecule has 29 heavy (non-hydrogen) atoms. The predicted molar refractivity (Wildman–Crippen MR) is 105 cm³/mol. The minimum absolute atomic E-state index is 0.0240. The maximum absolute atomic E-state index is 13.8. The quantitative estimate of drug-likeness (QED) is 0.796. The maximum atomic E-state index is 13.8. The van der Waals surface area contributed by atoms with Gasteiger partial charge in [0.1, 0.15) is 11.6 Å². The first-order chi connectivity index (χ1) is 14.0. The molecule has 0 radical (unpaired) electrons. The summed E-state index contributed by atoms with van der Waals surface area (Å²) in [7, 11) is 0. The fourth-order valence-corrected chi connectivity index (χ4v) is 4.10. The molecule has 2 amide bonds. The highest BCUT2D eigenvalue weighted by atomic mass is 19.1. The van der Waals surface area contributed by atoms with Crippen molar-refractivity contribution in [2.45, 2.75) is 45.1 Å². The third-order valence-electron chi connectivity index (χ3n) is 5.87. The minimum Gasteiger partial charge on any atom is -0.342 e. The summed E-state index contributed by atoms with van der Waals surface area (Å²) in [6.07, 6.45) is 4.10. The van der Waals surface area contributed by atoms with E-state index >= 15 is 0 Å². The average molecular weight is 396 g/mol. The van der Waals surface area contributed by atoms with Gasteiger partial charge in [0, 0.05) is 63.6 Å². The van der Waals surface area contributed by atoms with E-state index in [1.165, 1.54) is 6.07 Å². The first kappa shape index (κ1) is 19.5. The number of fused-ring (bicyclic) bond motifs is 1. The minimum atomic E-state index is -0.263. The van der Waals surface area contributed by atoms with Crippen LogP contribution in [0.4, 0.5) is 4.39 Å². The van der Waals surface area contributed by atoms with Gasteiger partial charge in [0.25, 0.3) is 0 Å². The summed E-state index contributed by atoms with van der Waals surface area (Å²) in [5, 5.41) is 0. The lowest BCUT2D eigenvalue weighted by molar-refractivity contribution is -0.132. The van der Waals surface area contributed by atoms with Gasteiger partial charge in [-0.2, -0.15) is 0 Å². The second-order valence-corrected chi connectivity index (χ2v) is 7.81. The van der Waals surface area contributed by atoms with Crippen LogP contribution in [-0.2, 0) is 29.0 Å². The largest absolute Gasteiger partial charge is 0.342 e. The second kappa shape index (κ2) is 8.27. The van der Waals surface area contributed by atoms with Crippen LogP contribution in [0.1, 0.15) is 48.3 Å². The lowest BCUT2D eigenvalue weighted by atomic mass is 10.0. The molecule has 0 bridgehead atoms. The van der Waals surface area contributed by atoms with Gasteiger partial charge in [-0.1, -0.05) is 18.2 Å². The van der Waals surface area contributed by atoms with Crippen LogP contribution in [0.3, 0.4) is 0 Å². The molecule has 1 unspecified atom stereocenters. The van der Waals surface area contributed by atoms with Crippen LogP contribution in [0.2, 0.25) is 0 Å². The Labute approximate surface area is 169 Å². The first-order valence-corrected chi connectivity index (χ1v) is 10.1. The van der Waals surface area contributed by atoms with Crippen LogP contribution in [0.15, 0.2) is 30.5 Å². The van der Waals surface area contributed by atoms with E-state index in [-0.39, 0.29) is 30.0 Å². The highest BCUT2D eigenvalue weighted by Gasteiger charge is 2.29. The Bertz CT molecular complexity index is 933. The molecule has 6 nitrogen and oxygen atoms in total. The molecular weight excluding hydrogens is 371 g/mol. The number of aryl methyl sites for hydroxylation is 1. The van der Waals surface area contributed by atoms with Crippen molar-refractivity contribution >= 4 is 11.8 Å². The standard InChI is InChI=1S/C22H25FN4O2/c1-15(28)26-10-8-17(13-26)22-24-12-18-14-27(11-9-20(18)25-22)21(29)7-6-16-4-2-3-5-19(16)23/h2-5,12,17H,6-11,13-14H2,1H3. The monoisotopic (exact) mass is 396 g/mol. The van der Waals surface area contributed by atoms with Crippen molar-refractivity contribution < 1.29 is 14.0 Å². The summed E-state index contributed by atoms with van der Waals surface area (Å²) < 4.78 is 13.8. The van der Waals surface area contributed by atoms with Crippen LogP contribution in [0.25, 0.3) is 0 Å². The number of hydrogen-bond acceptors (Lipinski definition) is 4. The van der Waals surface area contributed by atoms with Crippen molar-refractivity contribution in [3.8, 4) is 0 Å². The zero-order valence-electron chi connectivity index (χ0n) is 16.6. The Morgan fingerprint density at radius 3 is 2.79 bits per heavy atom. The number of carbonyl (C=O) groups excluding carboxylic acids is 2. The normalized spacial score (nSPS) is 18.6. The van der Waals surface area contributed by atoms with E-state index < -0.39 is 0 Å². The molecule has 2 aliphatic heterocycles. The zero-order chi connectivity index (χ0) is 20.4. The van der Waals surface area contributed by atoms with Gasteiger partial charge in [0.2, 0.25) is 11.8 Å². The Kier molecular flexibility index (Phi) is 5.56.